The van der Waals surface area contributed by atoms with Crippen LogP contribution in [0.2, 0.25) is 10.0 Å². The van der Waals surface area contributed by atoms with Gasteiger partial charge in [-0.1, -0.05) is 47.5 Å². The van der Waals surface area contributed by atoms with E-state index in [2.05, 4.69) is 5.32 Å². The van der Waals surface area contributed by atoms with Crippen LogP contribution in [0.25, 0.3) is 16.6 Å². The zero-order chi connectivity index (χ0) is 26.2. The lowest BCUT2D eigenvalue weighted by molar-refractivity contribution is -0.137. The molecule has 1 N–H and O–H groups in total. The molecule has 1 aromatic heterocycles. The number of para-hydroxylation sites is 1. The van der Waals surface area contributed by atoms with Gasteiger partial charge in [0.2, 0.25) is 5.91 Å². The fourth-order valence-corrected chi connectivity index (χ4v) is 4.22. The van der Waals surface area contributed by atoms with Gasteiger partial charge in [0.05, 0.1) is 27.2 Å². The number of hydrogen-bond acceptors (Lipinski definition) is 3. The molecule has 6 nitrogen and oxygen atoms in total. The van der Waals surface area contributed by atoms with E-state index in [0.717, 1.165) is 21.3 Å². The van der Waals surface area contributed by atoms with Crippen LogP contribution in [-0.2, 0) is 17.5 Å². The Morgan fingerprint density at radius 2 is 1.72 bits per heavy atom. The number of rotatable bonds is 5. The molecule has 4 aromatic rings. The monoisotopic (exact) mass is 535 g/mol. The maximum absolute atomic E-state index is 13.6. The smallest absolute Gasteiger partial charge is 0.350 e. The van der Waals surface area contributed by atoms with Crippen LogP contribution in [0, 0.1) is 0 Å². The van der Waals surface area contributed by atoms with Gasteiger partial charge in [-0.25, -0.2) is 9.36 Å². The van der Waals surface area contributed by atoms with Gasteiger partial charge in [0.25, 0.3) is 5.56 Å². The molecule has 1 amide bonds. The number of halogens is 5. The molecule has 1 unspecified atom stereocenters. The quantitative estimate of drug-likeness (QED) is 0.374. The summed E-state index contributed by atoms with van der Waals surface area (Å²) in [6.07, 6.45) is -4.52. The number of nitrogens with zero attached hydrogens (tertiary/aromatic N) is 2. The van der Waals surface area contributed by atoms with Gasteiger partial charge in [0.1, 0.15) is 6.04 Å². The van der Waals surface area contributed by atoms with Gasteiger partial charge in [-0.15, -0.1) is 0 Å². The van der Waals surface area contributed by atoms with Crippen molar-refractivity contribution >= 4 is 40.0 Å². The fraction of sp³-hybridized carbons (Fsp3) is 0.160. The molecule has 1 heterocycles. The highest BCUT2D eigenvalue weighted by Gasteiger charge is 2.30. The average Bonchev–Trinajstić information content (AvgIpc) is 2.83. The average molecular weight is 536 g/mol. The molecule has 0 saturated carbocycles. The second-order valence-corrected chi connectivity index (χ2v) is 8.84. The summed E-state index contributed by atoms with van der Waals surface area (Å²) in [4.78, 5) is 39.8. The van der Waals surface area contributed by atoms with Gasteiger partial charge in [-0.05, 0) is 55.0 Å². The van der Waals surface area contributed by atoms with Crippen LogP contribution < -0.4 is 16.6 Å². The van der Waals surface area contributed by atoms with Gasteiger partial charge >= 0.3 is 11.9 Å². The first-order chi connectivity index (χ1) is 17.0. The van der Waals surface area contributed by atoms with Crippen LogP contribution in [0.4, 0.5) is 13.2 Å². The molecule has 36 heavy (non-hydrogen) atoms. The number of aromatic nitrogens is 2. The zero-order valence-corrected chi connectivity index (χ0v) is 20.2. The lowest BCUT2D eigenvalue weighted by atomic mass is 10.1. The Hall–Kier alpha value is -3.56. The Balaban J connectivity index is 1.77. The molecular formula is C25H18Cl2F3N3O3. The Morgan fingerprint density at radius 3 is 2.42 bits per heavy atom. The largest absolute Gasteiger partial charge is 0.416 e. The predicted molar refractivity (Wildman–Crippen MR) is 132 cm³/mol. The molecule has 0 aliphatic rings. The van der Waals surface area contributed by atoms with Gasteiger partial charge in [0.15, 0.2) is 0 Å². The van der Waals surface area contributed by atoms with Crippen molar-refractivity contribution in [2.24, 2.45) is 0 Å². The summed E-state index contributed by atoms with van der Waals surface area (Å²) in [7, 11) is 0. The molecule has 4 rings (SSSR count). The van der Waals surface area contributed by atoms with Gasteiger partial charge in [-0.3, -0.25) is 14.2 Å². The normalized spacial score (nSPS) is 12.5. The molecule has 11 heteroatoms. The summed E-state index contributed by atoms with van der Waals surface area (Å²) in [5, 5.41) is 3.07. The van der Waals surface area contributed by atoms with Crippen molar-refractivity contribution in [2.75, 3.05) is 0 Å². The second kappa shape index (κ2) is 9.83. The maximum atomic E-state index is 13.6. The first-order valence-corrected chi connectivity index (χ1v) is 11.4. The van der Waals surface area contributed by atoms with Crippen LogP contribution >= 0.6 is 23.2 Å². The summed E-state index contributed by atoms with van der Waals surface area (Å²) in [6.45, 7) is 1.23. The molecule has 0 saturated heterocycles. The number of fused-ring (bicyclic) bond motifs is 1. The highest BCUT2D eigenvalue weighted by molar-refractivity contribution is 6.32. The molecule has 0 radical (unpaired) electrons. The van der Waals surface area contributed by atoms with Crippen molar-refractivity contribution in [3.63, 3.8) is 0 Å². The third kappa shape index (κ3) is 4.89. The topological polar surface area (TPSA) is 73.1 Å². The first kappa shape index (κ1) is 25.5. The number of hydrogen-bond donors (Lipinski definition) is 1. The van der Waals surface area contributed by atoms with E-state index in [9.17, 15) is 27.6 Å². The number of amides is 1. The minimum absolute atomic E-state index is 0.122. The lowest BCUT2D eigenvalue weighted by Crippen LogP contribution is -2.43. The van der Waals surface area contributed by atoms with Crippen molar-refractivity contribution < 1.29 is 18.0 Å². The highest BCUT2D eigenvalue weighted by atomic mass is 35.5. The fourth-order valence-electron chi connectivity index (χ4n) is 3.83. The predicted octanol–water partition coefficient (Wildman–Crippen LogP) is 5.36. The summed E-state index contributed by atoms with van der Waals surface area (Å²) in [6, 6.07) is 14.0. The standard InChI is InChI=1S/C25H18Cl2F3N3O3/c1-14(22(34)31-13-15-5-4-6-16(11-15)25(28,29)30)32-21-12-17(26)9-10-18(21)23(35)33(24(32)36)20-8-3-2-7-19(20)27/h2-12,14H,13H2,1H3,(H,31,34). The number of carbonyl (C=O) groups excluding carboxylic acids is 1. The van der Waals surface area contributed by atoms with E-state index in [1.54, 1.807) is 12.1 Å². The van der Waals surface area contributed by atoms with Crippen LogP contribution in [-0.4, -0.2) is 15.0 Å². The summed E-state index contributed by atoms with van der Waals surface area (Å²) < 4.78 is 41.0. The van der Waals surface area contributed by atoms with Crippen molar-refractivity contribution in [3.05, 3.63) is 109 Å². The Bertz CT molecular complexity index is 1600. The van der Waals surface area contributed by atoms with Crippen LogP contribution in [0.5, 0.6) is 0 Å². The summed E-state index contributed by atoms with van der Waals surface area (Å²) in [5.74, 6) is -0.653. The molecular weight excluding hydrogens is 518 g/mol. The number of benzene rings is 3. The molecule has 0 aliphatic heterocycles. The summed E-state index contributed by atoms with van der Waals surface area (Å²) >= 11 is 12.4. The Kier molecular flexibility index (Phi) is 6.97. The zero-order valence-electron chi connectivity index (χ0n) is 18.6. The van der Waals surface area contributed by atoms with Crippen LogP contribution in [0.1, 0.15) is 24.1 Å². The summed E-state index contributed by atoms with van der Waals surface area (Å²) in [5.41, 5.74) is -1.83. The molecule has 1 atom stereocenters. The SMILES string of the molecule is CC(C(=O)NCc1cccc(C(F)(F)F)c1)n1c(=O)n(-c2ccccc2Cl)c(=O)c2ccc(Cl)cc21. The molecule has 0 bridgehead atoms. The van der Waals surface area contributed by atoms with E-state index < -0.39 is 34.9 Å². The molecule has 0 fully saturated rings. The van der Waals surface area contributed by atoms with Gasteiger partial charge in [0, 0.05) is 11.6 Å². The van der Waals surface area contributed by atoms with Crippen molar-refractivity contribution in [1.82, 2.24) is 14.5 Å². The van der Waals surface area contributed by atoms with E-state index in [0.29, 0.717) is 0 Å². The van der Waals surface area contributed by atoms with Gasteiger partial charge in [-0.2, -0.15) is 13.2 Å². The lowest BCUT2D eigenvalue weighted by Gasteiger charge is -2.20. The van der Waals surface area contributed by atoms with Crippen molar-refractivity contribution in [1.29, 1.82) is 0 Å². The first-order valence-electron chi connectivity index (χ1n) is 10.6. The van der Waals surface area contributed by atoms with E-state index in [1.165, 1.54) is 49.4 Å². The van der Waals surface area contributed by atoms with E-state index in [1.807, 2.05) is 0 Å². The van der Waals surface area contributed by atoms with Crippen LogP contribution in [0.3, 0.4) is 0 Å². The minimum atomic E-state index is -4.52. The third-order valence-electron chi connectivity index (χ3n) is 5.63. The number of alkyl halides is 3. The molecule has 0 aliphatic carbocycles. The molecule has 0 spiro atoms. The highest BCUT2D eigenvalue weighted by Crippen LogP contribution is 2.29. The maximum Gasteiger partial charge on any atom is 0.416 e. The van der Waals surface area contributed by atoms with E-state index in [-0.39, 0.29) is 38.7 Å². The Labute approximate surface area is 212 Å². The van der Waals surface area contributed by atoms with Crippen LogP contribution in [0.15, 0.2) is 76.3 Å². The van der Waals surface area contributed by atoms with Crippen molar-refractivity contribution in [3.8, 4) is 5.69 Å². The van der Waals surface area contributed by atoms with E-state index in [4.69, 9.17) is 23.2 Å². The molecule has 186 valence electrons. The minimum Gasteiger partial charge on any atom is -0.350 e. The Morgan fingerprint density at radius 1 is 1.00 bits per heavy atom. The van der Waals surface area contributed by atoms with Gasteiger partial charge < -0.3 is 5.32 Å². The number of carbonyl (C=O) groups is 1. The number of nitrogens with one attached hydrogen (secondary N) is 1. The van der Waals surface area contributed by atoms with E-state index >= 15 is 0 Å². The third-order valence-corrected chi connectivity index (χ3v) is 6.19. The molecule has 3 aromatic carbocycles. The second-order valence-electron chi connectivity index (χ2n) is 8.00. The van der Waals surface area contributed by atoms with Crippen molar-refractivity contribution in [2.45, 2.75) is 25.7 Å².